The van der Waals surface area contributed by atoms with Crippen molar-refractivity contribution in [1.82, 2.24) is 0 Å². The molecule has 0 radical (unpaired) electrons. The quantitative estimate of drug-likeness (QED) is 0.0261. The van der Waals surface area contributed by atoms with E-state index in [0.29, 0.717) is 19.3 Å². The van der Waals surface area contributed by atoms with Crippen molar-refractivity contribution in [3.63, 3.8) is 0 Å². The van der Waals surface area contributed by atoms with Crippen LogP contribution in [0.5, 0.6) is 0 Å². The van der Waals surface area contributed by atoms with E-state index < -0.39 is 6.10 Å². The van der Waals surface area contributed by atoms with Crippen molar-refractivity contribution in [1.29, 1.82) is 0 Å². The van der Waals surface area contributed by atoms with E-state index in [0.717, 1.165) is 148 Å². The molecular weight excluding hydrogens is 997 g/mol. The first-order valence-corrected chi connectivity index (χ1v) is 34.0. The first-order chi connectivity index (χ1) is 40.0. The Morgan fingerprint density at radius 1 is 0.259 bits per heavy atom. The second-order valence-corrected chi connectivity index (χ2v) is 22.3. The van der Waals surface area contributed by atoms with Crippen LogP contribution in [0.25, 0.3) is 0 Å². The number of esters is 3. The zero-order valence-electron chi connectivity index (χ0n) is 53.0. The van der Waals surface area contributed by atoms with Gasteiger partial charge in [0.1, 0.15) is 13.2 Å². The molecule has 81 heavy (non-hydrogen) atoms. The van der Waals surface area contributed by atoms with Gasteiger partial charge in [0.2, 0.25) is 0 Å². The highest BCUT2D eigenvalue weighted by Crippen LogP contribution is 2.17. The third-order valence-corrected chi connectivity index (χ3v) is 14.5. The summed E-state index contributed by atoms with van der Waals surface area (Å²) in [6.07, 6.45) is 95.0. The summed E-state index contributed by atoms with van der Waals surface area (Å²) in [5.74, 6) is -0.897. The van der Waals surface area contributed by atoms with Crippen molar-refractivity contribution >= 4 is 17.9 Å². The van der Waals surface area contributed by atoms with E-state index in [1.54, 1.807) is 0 Å². The number of unbranched alkanes of at least 4 members (excludes halogenated alkanes) is 30. The van der Waals surface area contributed by atoms with Crippen molar-refractivity contribution < 1.29 is 28.6 Å². The molecule has 6 heteroatoms. The van der Waals surface area contributed by atoms with Gasteiger partial charge in [-0.15, -0.1) is 0 Å². The maximum atomic E-state index is 12.9. The van der Waals surface area contributed by atoms with E-state index >= 15 is 0 Å². The predicted octanol–water partition coefficient (Wildman–Crippen LogP) is 23.6. The molecule has 1 unspecified atom stereocenters. The van der Waals surface area contributed by atoms with Crippen LogP contribution in [-0.2, 0) is 28.6 Å². The van der Waals surface area contributed by atoms with Gasteiger partial charge in [0.25, 0.3) is 0 Å². The van der Waals surface area contributed by atoms with Crippen molar-refractivity contribution in [3.05, 3.63) is 122 Å². The van der Waals surface area contributed by atoms with Gasteiger partial charge in [0.05, 0.1) is 0 Å². The molecule has 0 bridgehead atoms. The first kappa shape index (κ1) is 76.8. The molecule has 462 valence electrons. The van der Waals surface area contributed by atoms with E-state index in [1.165, 1.54) is 128 Å². The van der Waals surface area contributed by atoms with Gasteiger partial charge in [-0.1, -0.05) is 309 Å². The fourth-order valence-electron chi connectivity index (χ4n) is 9.44. The monoisotopic (exact) mass is 1120 g/mol. The van der Waals surface area contributed by atoms with Crippen LogP contribution in [0.1, 0.15) is 316 Å². The molecule has 0 aromatic carbocycles. The van der Waals surface area contributed by atoms with E-state index in [9.17, 15) is 14.4 Å². The van der Waals surface area contributed by atoms with Gasteiger partial charge in [-0.05, 0) is 109 Å². The van der Waals surface area contributed by atoms with Gasteiger partial charge in [-0.25, -0.2) is 0 Å². The molecule has 0 aliphatic carbocycles. The summed E-state index contributed by atoms with van der Waals surface area (Å²) in [6, 6.07) is 0. The fraction of sp³-hybridized carbons (Fsp3) is 0.693. The number of ether oxygens (including phenoxy) is 3. The summed E-state index contributed by atoms with van der Waals surface area (Å²) in [6.45, 7) is 6.43. The molecule has 0 aliphatic heterocycles. The molecule has 0 aliphatic rings. The van der Waals surface area contributed by atoms with E-state index in [1.807, 2.05) is 0 Å². The summed E-state index contributed by atoms with van der Waals surface area (Å²) in [7, 11) is 0. The maximum absolute atomic E-state index is 12.9. The van der Waals surface area contributed by atoms with E-state index in [2.05, 4.69) is 142 Å². The molecule has 0 saturated carbocycles. The number of rotatable bonds is 61. The Morgan fingerprint density at radius 3 is 0.753 bits per heavy atom. The number of allylic oxidation sites excluding steroid dienone is 20. The average molecular weight is 1120 g/mol. The van der Waals surface area contributed by atoms with Crippen LogP contribution >= 0.6 is 0 Å². The van der Waals surface area contributed by atoms with Crippen LogP contribution in [0.2, 0.25) is 0 Å². The first-order valence-electron chi connectivity index (χ1n) is 34.0. The smallest absolute Gasteiger partial charge is 0.306 e. The lowest BCUT2D eigenvalue weighted by atomic mass is 10.0. The highest BCUT2D eigenvalue weighted by molar-refractivity contribution is 5.71. The van der Waals surface area contributed by atoms with Crippen LogP contribution in [0, 0.1) is 0 Å². The van der Waals surface area contributed by atoms with E-state index in [-0.39, 0.29) is 31.1 Å². The van der Waals surface area contributed by atoms with Crippen molar-refractivity contribution in [2.75, 3.05) is 13.2 Å². The lowest BCUT2D eigenvalue weighted by Gasteiger charge is -2.18. The zero-order chi connectivity index (χ0) is 58.5. The molecule has 6 nitrogen and oxygen atoms in total. The minimum Gasteiger partial charge on any atom is -0.462 e. The lowest BCUT2D eigenvalue weighted by molar-refractivity contribution is -0.167. The Bertz CT molecular complexity index is 1670. The van der Waals surface area contributed by atoms with Crippen LogP contribution in [-0.4, -0.2) is 37.2 Å². The minimum absolute atomic E-state index is 0.0861. The van der Waals surface area contributed by atoms with Crippen LogP contribution in [0.15, 0.2) is 122 Å². The fourth-order valence-corrected chi connectivity index (χ4v) is 9.44. The molecule has 0 aromatic rings. The molecule has 0 N–H and O–H groups in total. The van der Waals surface area contributed by atoms with Gasteiger partial charge in [-0.2, -0.15) is 0 Å². The Morgan fingerprint density at radius 2 is 0.481 bits per heavy atom. The van der Waals surface area contributed by atoms with Gasteiger partial charge in [0, 0.05) is 19.3 Å². The van der Waals surface area contributed by atoms with Gasteiger partial charge in [0.15, 0.2) is 6.10 Å². The second-order valence-electron chi connectivity index (χ2n) is 22.3. The molecular formula is C75H126O6. The third-order valence-electron chi connectivity index (χ3n) is 14.5. The molecule has 0 rings (SSSR count). The molecule has 0 aromatic heterocycles. The SMILES string of the molecule is CC/C=C\C/C=C\C/C=C\C/C=C\C/C=C\C/C=C\C/C=C\CCCCCCCCCCCC(=O)OCC(COC(=O)CCCCCCC/C=C\C/C=C\C/C=C\CC)OC(=O)CCCCCCCCCCCCCCCCCCC. The second kappa shape index (κ2) is 68.3. The highest BCUT2D eigenvalue weighted by atomic mass is 16.6. The van der Waals surface area contributed by atoms with Crippen LogP contribution < -0.4 is 0 Å². The number of carbonyl (C=O) groups is 3. The zero-order valence-corrected chi connectivity index (χ0v) is 53.0. The van der Waals surface area contributed by atoms with Gasteiger partial charge < -0.3 is 14.2 Å². The average Bonchev–Trinajstić information content (AvgIpc) is 3.47. The molecule has 1 atom stereocenters. The maximum Gasteiger partial charge on any atom is 0.306 e. The number of hydrogen-bond acceptors (Lipinski definition) is 6. The highest BCUT2D eigenvalue weighted by Gasteiger charge is 2.19. The summed E-state index contributed by atoms with van der Waals surface area (Å²) in [4.78, 5) is 38.4. The Balaban J connectivity index is 4.31. The lowest BCUT2D eigenvalue weighted by Crippen LogP contribution is -2.30. The normalized spacial score (nSPS) is 12.9. The summed E-state index contributed by atoms with van der Waals surface area (Å²) in [5.41, 5.74) is 0. The van der Waals surface area contributed by atoms with Gasteiger partial charge in [-0.3, -0.25) is 14.4 Å². The molecule has 0 fully saturated rings. The third kappa shape index (κ3) is 66.5. The van der Waals surface area contributed by atoms with E-state index in [4.69, 9.17) is 14.2 Å². The summed E-state index contributed by atoms with van der Waals surface area (Å²) < 4.78 is 16.9. The molecule has 0 amide bonds. The Labute approximate surface area is 501 Å². The minimum atomic E-state index is -0.790. The molecule has 0 saturated heterocycles. The number of carbonyl (C=O) groups excluding carboxylic acids is 3. The predicted molar refractivity (Wildman–Crippen MR) is 353 cm³/mol. The van der Waals surface area contributed by atoms with Crippen molar-refractivity contribution in [2.45, 2.75) is 322 Å². The summed E-state index contributed by atoms with van der Waals surface area (Å²) >= 11 is 0. The topological polar surface area (TPSA) is 78.9 Å². The number of hydrogen-bond donors (Lipinski definition) is 0. The molecule has 0 spiro atoms. The Hall–Kier alpha value is -4.19. The van der Waals surface area contributed by atoms with Crippen molar-refractivity contribution in [3.8, 4) is 0 Å². The van der Waals surface area contributed by atoms with Crippen LogP contribution in [0.3, 0.4) is 0 Å². The standard InChI is InChI=1S/C75H126O6/c1-4-7-10-13-16-19-22-25-28-30-31-32-33-34-35-36-37-38-39-40-41-42-43-45-47-50-53-56-59-62-65-68-74(77)80-71-72(70-79-73(76)67-64-61-58-55-52-49-46-27-24-21-18-15-12-9-6-3)81-75(78)69-66-63-60-57-54-51-48-44-29-26-23-20-17-14-11-8-5-2/h7,9-10,12,16,18-19,21,25,27-28,31-32,34-35,37-38,40-41,46,72H,4-6,8,11,13-15,17,20,22-24,26,29-30,33,36,39,42-45,47-71H2,1-3H3/b10-7-,12-9-,19-16-,21-18-,28-25-,32-31-,35-34-,38-37-,41-40-,46-27-. The Kier molecular flexibility index (Phi) is 64.8. The van der Waals surface area contributed by atoms with Crippen LogP contribution in [0.4, 0.5) is 0 Å². The molecule has 0 heterocycles. The largest absolute Gasteiger partial charge is 0.462 e. The summed E-state index contributed by atoms with van der Waals surface area (Å²) in [5, 5.41) is 0. The van der Waals surface area contributed by atoms with Crippen molar-refractivity contribution in [2.24, 2.45) is 0 Å². The van der Waals surface area contributed by atoms with Gasteiger partial charge >= 0.3 is 17.9 Å².